The van der Waals surface area contributed by atoms with E-state index in [9.17, 15) is 10.1 Å². The maximum atomic E-state index is 12.5. The van der Waals surface area contributed by atoms with Gasteiger partial charge in [0.1, 0.15) is 24.0 Å². The van der Waals surface area contributed by atoms with E-state index >= 15 is 0 Å². The number of benzene rings is 1. The molecule has 0 aromatic heterocycles. The lowest BCUT2D eigenvalue weighted by molar-refractivity contribution is -0.118. The lowest BCUT2D eigenvalue weighted by atomic mass is 9.86. The van der Waals surface area contributed by atoms with Crippen molar-refractivity contribution < 1.29 is 9.53 Å². The second-order valence-corrected chi connectivity index (χ2v) is 7.10. The Morgan fingerprint density at radius 3 is 2.92 bits per heavy atom. The zero-order valence-electron chi connectivity index (χ0n) is 14.2. The number of nitrogens with one attached hydrogen (secondary N) is 1. The highest BCUT2D eigenvalue weighted by Gasteiger charge is 2.24. The summed E-state index contributed by atoms with van der Waals surface area (Å²) >= 11 is 3.39. The predicted octanol–water partition coefficient (Wildman–Crippen LogP) is 4.06. The average Bonchev–Trinajstić information content (AvgIpc) is 2.60. The van der Waals surface area contributed by atoms with E-state index in [0.29, 0.717) is 17.2 Å². The van der Waals surface area contributed by atoms with Crippen molar-refractivity contribution in [3.63, 3.8) is 0 Å². The number of amides is 1. The van der Waals surface area contributed by atoms with Gasteiger partial charge in [-0.05, 0) is 43.0 Å². The van der Waals surface area contributed by atoms with Gasteiger partial charge in [-0.2, -0.15) is 5.26 Å². The molecule has 0 saturated heterocycles. The topological polar surface area (TPSA) is 62.1 Å². The molecule has 1 aromatic rings. The van der Waals surface area contributed by atoms with Crippen molar-refractivity contribution in [3.8, 4) is 24.2 Å². The Kier molecular flexibility index (Phi) is 7.10. The largest absolute Gasteiger partial charge is 0.480 e. The van der Waals surface area contributed by atoms with Gasteiger partial charge in [0.05, 0.1) is 0 Å². The molecule has 2 atom stereocenters. The molecule has 1 aliphatic rings. The third-order valence-corrected chi connectivity index (χ3v) is 4.87. The number of hydrogen-bond acceptors (Lipinski definition) is 3. The highest BCUT2D eigenvalue weighted by Crippen LogP contribution is 2.27. The fraction of sp³-hybridized carbons (Fsp3) is 0.400. The second kappa shape index (κ2) is 9.30. The van der Waals surface area contributed by atoms with Gasteiger partial charge in [-0.3, -0.25) is 4.79 Å². The van der Waals surface area contributed by atoms with E-state index in [2.05, 4.69) is 34.1 Å². The maximum absolute atomic E-state index is 12.5. The summed E-state index contributed by atoms with van der Waals surface area (Å²) in [4.78, 5) is 12.5. The molecule has 25 heavy (non-hydrogen) atoms. The summed E-state index contributed by atoms with van der Waals surface area (Å²) in [5.41, 5.74) is 0.689. The Labute approximate surface area is 157 Å². The Morgan fingerprint density at radius 2 is 2.24 bits per heavy atom. The van der Waals surface area contributed by atoms with Gasteiger partial charge in [0.15, 0.2) is 0 Å². The Hall–Kier alpha value is -2.24. The van der Waals surface area contributed by atoms with Crippen molar-refractivity contribution in [2.45, 2.75) is 38.6 Å². The lowest BCUT2D eigenvalue weighted by Gasteiger charge is -2.29. The second-order valence-electron chi connectivity index (χ2n) is 6.19. The number of rotatable bonds is 5. The van der Waals surface area contributed by atoms with Crippen LogP contribution in [0.2, 0.25) is 0 Å². The van der Waals surface area contributed by atoms with Crippen LogP contribution in [0.1, 0.15) is 38.2 Å². The van der Waals surface area contributed by atoms with E-state index < -0.39 is 0 Å². The van der Waals surface area contributed by atoms with Crippen molar-refractivity contribution in [2.75, 3.05) is 6.61 Å². The molecule has 130 valence electrons. The van der Waals surface area contributed by atoms with Gasteiger partial charge in [0.2, 0.25) is 0 Å². The number of halogens is 1. The van der Waals surface area contributed by atoms with E-state index in [0.717, 1.165) is 23.7 Å². The van der Waals surface area contributed by atoms with Crippen LogP contribution in [0.15, 0.2) is 28.2 Å². The molecule has 4 nitrogen and oxygen atoms in total. The van der Waals surface area contributed by atoms with Crippen LogP contribution in [0.25, 0.3) is 6.08 Å². The molecule has 1 aliphatic carbocycles. The first-order valence-electron chi connectivity index (χ1n) is 8.33. The summed E-state index contributed by atoms with van der Waals surface area (Å²) in [6.07, 6.45) is 11.1. The molecule has 1 fully saturated rings. The fourth-order valence-corrected chi connectivity index (χ4v) is 3.34. The summed E-state index contributed by atoms with van der Waals surface area (Å²) in [6.45, 7) is 2.26. The highest BCUT2D eigenvalue weighted by atomic mass is 79.9. The van der Waals surface area contributed by atoms with Crippen LogP contribution in [-0.2, 0) is 4.79 Å². The third kappa shape index (κ3) is 5.37. The Morgan fingerprint density at radius 1 is 1.48 bits per heavy atom. The minimum Gasteiger partial charge on any atom is -0.480 e. The SMILES string of the molecule is C#CCOc1ccc(Br)cc1/C=C(\C#N)C(=O)NC1CCCCC1C. The van der Waals surface area contributed by atoms with E-state index in [4.69, 9.17) is 11.2 Å². The van der Waals surface area contributed by atoms with Crippen molar-refractivity contribution >= 4 is 27.9 Å². The van der Waals surface area contributed by atoms with Crippen molar-refractivity contribution in [3.05, 3.63) is 33.8 Å². The van der Waals surface area contributed by atoms with Crippen LogP contribution < -0.4 is 10.1 Å². The van der Waals surface area contributed by atoms with E-state index in [1.807, 2.05) is 12.1 Å². The Balaban J connectivity index is 2.21. The van der Waals surface area contributed by atoms with Gasteiger partial charge in [0, 0.05) is 16.1 Å². The predicted molar refractivity (Wildman–Crippen MR) is 102 cm³/mol. The summed E-state index contributed by atoms with van der Waals surface area (Å²) in [7, 11) is 0. The van der Waals surface area contributed by atoms with Crippen LogP contribution in [0.4, 0.5) is 0 Å². The molecule has 1 aromatic carbocycles. The highest BCUT2D eigenvalue weighted by molar-refractivity contribution is 9.10. The summed E-state index contributed by atoms with van der Waals surface area (Å²) < 4.78 is 6.32. The molecule has 0 heterocycles. The molecule has 0 aliphatic heterocycles. The summed E-state index contributed by atoms with van der Waals surface area (Å²) in [6, 6.07) is 7.48. The van der Waals surface area contributed by atoms with E-state index in [1.165, 1.54) is 6.42 Å². The van der Waals surface area contributed by atoms with Crippen molar-refractivity contribution in [1.29, 1.82) is 5.26 Å². The van der Waals surface area contributed by atoms with E-state index in [-0.39, 0.29) is 24.1 Å². The molecule has 0 spiro atoms. The lowest BCUT2D eigenvalue weighted by Crippen LogP contribution is -2.41. The van der Waals surface area contributed by atoms with Crippen LogP contribution in [0.5, 0.6) is 5.75 Å². The minimum atomic E-state index is -0.343. The van der Waals surface area contributed by atoms with Crippen LogP contribution >= 0.6 is 15.9 Å². The third-order valence-electron chi connectivity index (χ3n) is 4.38. The molecule has 2 rings (SSSR count). The Bertz CT molecular complexity index is 743. The molecule has 0 bridgehead atoms. The average molecular weight is 401 g/mol. The number of terminal acetylenes is 1. The monoisotopic (exact) mass is 400 g/mol. The molecular weight excluding hydrogens is 380 g/mol. The van der Waals surface area contributed by atoms with Crippen LogP contribution in [0, 0.1) is 29.6 Å². The number of nitriles is 1. The first-order chi connectivity index (χ1) is 12.0. The number of ether oxygens (including phenoxy) is 1. The number of nitrogens with zero attached hydrogens (tertiary/aromatic N) is 1. The molecule has 0 radical (unpaired) electrons. The molecule has 2 unspecified atom stereocenters. The first-order valence-corrected chi connectivity index (χ1v) is 9.13. The van der Waals surface area contributed by atoms with Gasteiger partial charge >= 0.3 is 0 Å². The number of carbonyl (C=O) groups is 1. The summed E-state index contributed by atoms with van der Waals surface area (Å²) in [5, 5.41) is 12.4. The van der Waals surface area contributed by atoms with Crippen molar-refractivity contribution in [2.24, 2.45) is 5.92 Å². The summed E-state index contributed by atoms with van der Waals surface area (Å²) in [5.74, 6) is 3.03. The van der Waals surface area contributed by atoms with Gasteiger partial charge in [-0.25, -0.2) is 0 Å². The van der Waals surface area contributed by atoms with Gasteiger partial charge < -0.3 is 10.1 Å². The van der Waals surface area contributed by atoms with Crippen molar-refractivity contribution in [1.82, 2.24) is 5.32 Å². The number of hydrogen-bond donors (Lipinski definition) is 1. The number of carbonyl (C=O) groups excluding carboxylic acids is 1. The fourth-order valence-electron chi connectivity index (χ4n) is 2.96. The maximum Gasteiger partial charge on any atom is 0.262 e. The molecule has 1 N–H and O–H groups in total. The van der Waals surface area contributed by atoms with Gasteiger partial charge in [-0.15, -0.1) is 6.42 Å². The minimum absolute atomic E-state index is 0.0569. The van der Waals surface area contributed by atoms with E-state index in [1.54, 1.807) is 18.2 Å². The quantitative estimate of drug-likeness (QED) is 0.460. The zero-order chi connectivity index (χ0) is 18.2. The molecular formula is C20H21BrN2O2. The van der Waals surface area contributed by atoms with Gasteiger partial charge in [0.25, 0.3) is 5.91 Å². The smallest absolute Gasteiger partial charge is 0.262 e. The van der Waals surface area contributed by atoms with Crippen LogP contribution in [0.3, 0.4) is 0 Å². The molecule has 5 heteroatoms. The first kappa shape index (κ1) is 19.1. The molecule has 1 saturated carbocycles. The van der Waals surface area contributed by atoms with Gasteiger partial charge in [-0.1, -0.05) is 41.6 Å². The van der Waals surface area contributed by atoms with Crippen LogP contribution in [-0.4, -0.2) is 18.6 Å². The molecule has 1 amide bonds. The normalized spacial score (nSPS) is 20.2. The zero-order valence-corrected chi connectivity index (χ0v) is 15.8. The standard InChI is InChI=1S/C20H21BrN2O2/c1-3-10-25-19-9-8-17(21)12-15(19)11-16(13-22)20(24)23-18-7-5-4-6-14(18)2/h1,8-9,11-12,14,18H,4-7,10H2,2H3,(H,23,24)/b16-11+.